The molecule has 1 rings (SSSR count). The normalized spacial score (nSPS) is 10.4. The number of aryl methyl sites for hydroxylation is 1. The molecule has 0 saturated heterocycles. The van der Waals surface area contributed by atoms with Crippen LogP contribution in [0.5, 0.6) is 0 Å². The number of carbonyl (C=O) groups is 1. The Bertz CT molecular complexity index is 322. The Morgan fingerprint density at radius 3 is 2.81 bits per heavy atom. The highest BCUT2D eigenvalue weighted by Gasteiger charge is 2.05. The molecule has 0 aliphatic rings. The van der Waals surface area contributed by atoms with Crippen LogP contribution >= 0.6 is 0 Å². The second kappa shape index (κ2) is 7.00. The number of hydrogen-bond donors (Lipinski definition) is 3. The number of anilines is 1. The smallest absolute Gasteiger partial charge is 0.225 e. The van der Waals surface area contributed by atoms with Crippen molar-refractivity contribution in [2.24, 2.45) is 5.73 Å². The molecule has 0 bridgehead atoms. The lowest BCUT2D eigenvalue weighted by atomic mass is 10.1. The summed E-state index contributed by atoms with van der Waals surface area (Å²) in [6.07, 6.45) is 6.37. The maximum atomic E-state index is 11.5. The number of unbranched alkanes of at least 4 members (excludes halogenated alkanes) is 3. The molecular weight excluding hydrogens is 204 g/mol. The van der Waals surface area contributed by atoms with Gasteiger partial charge in [0, 0.05) is 12.0 Å². The van der Waals surface area contributed by atoms with E-state index < -0.39 is 0 Å². The molecule has 0 saturated carbocycles. The lowest BCUT2D eigenvalue weighted by Gasteiger charge is -2.03. The van der Waals surface area contributed by atoms with Crippen LogP contribution in [0, 0.1) is 6.92 Å². The van der Waals surface area contributed by atoms with Gasteiger partial charge in [-0.15, -0.1) is 0 Å². The molecule has 16 heavy (non-hydrogen) atoms. The van der Waals surface area contributed by atoms with Gasteiger partial charge in [0.2, 0.25) is 5.91 Å². The Hall–Kier alpha value is -1.36. The van der Waals surface area contributed by atoms with E-state index in [1.807, 2.05) is 6.92 Å². The molecule has 0 aliphatic heterocycles. The molecule has 0 radical (unpaired) electrons. The Labute approximate surface area is 95.8 Å². The number of nitrogens with two attached hydrogens (primary N) is 1. The minimum Gasteiger partial charge on any atom is -0.330 e. The number of hydrogen-bond acceptors (Lipinski definition) is 3. The first-order valence-corrected chi connectivity index (χ1v) is 5.74. The monoisotopic (exact) mass is 224 g/mol. The molecule has 0 atom stereocenters. The SMILES string of the molecule is Cc1cn[nH]c1NC(=O)CCCCCCN. The van der Waals surface area contributed by atoms with E-state index in [9.17, 15) is 4.79 Å². The predicted octanol–water partition coefficient (Wildman–Crippen LogP) is 1.57. The Kier molecular flexibility index (Phi) is 5.56. The molecule has 0 fully saturated rings. The summed E-state index contributed by atoms with van der Waals surface area (Å²) in [5.74, 6) is 0.743. The predicted molar refractivity (Wildman–Crippen MR) is 64.1 cm³/mol. The van der Waals surface area contributed by atoms with Gasteiger partial charge in [-0.05, 0) is 26.3 Å². The van der Waals surface area contributed by atoms with Crippen LogP contribution in [0.15, 0.2) is 6.20 Å². The van der Waals surface area contributed by atoms with E-state index in [0.29, 0.717) is 12.2 Å². The quantitative estimate of drug-likeness (QED) is 0.615. The zero-order valence-electron chi connectivity index (χ0n) is 9.75. The molecule has 1 aromatic rings. The van der Waals surface area contributed by atoms with E-state index in [-0.39, 0.29) is 5.91 Å². The molecular formula is C11H20N4O. The first-order chi connectivity index (χ1) is 7.74. The molecule has 1 amide bonds. The molecule has 0 unspecified atom stereocenters. The highest BCUT2D eigenvalue weighted by molar-refractivity contribution is 5.90. The van der Waals surface area contributed by atoms with Crippen LogP contribution in [-0.4, -0.2) is 22.6 Å². The minimum absolute atomic E-state index is 0.0418. The lowest BCUT2D eigenvalue weighted by Crippen LogP contribution is -2.12. The average Bonchev–Trinajstić information content (AvgIpc) is 2.64. The number of nitrogens with one attached hydrogen (secondary N) is 2. The number of H-pyrrole nitrogens is 1. The van der Waals surface area contributed by atoms with Gasteiger partial charge in [0.15, 0.2) is 0 Å². The van der Waals surface area contributed by atoms with E-state index >= 15 is 0 Å². The molecule has 5 heteroatoms. The third-order valence-electron chi connectivity index (χ3n) is 2.45. The van der Waals surface area contributed by atoms with Gasteiger partial charge in [-0.1, -0.05) is 12.8 Å². The van der Waals surface area contributed by atoms with Crippen molar-refractivity contribution in [1.29, 1.82) is 0 Å². The number of rotatable bonds is 7. The first kappa shape index (κ1) is 12.7. The Morgan fingerprint density at radius 2 is 2.19 bits per heavy atom. The second-order valence-corrected chi connectivity index (χ2v) is 3.93. The van der Waals surface area contributed by atoms with Crippen LogP contribution < -0.4 is 11.1 Å². The first-order valence-electron chi connectivity index (χ1n) is 5.74. The standard InChI is InChI=1S/C11H20N4O/c1-9-8-13-15-11(9)14-10(16)6-4-2-3-5-7-12/h8H,2-7,12H2,1H3,(H2,13,14,15,16). The zero-order valence-corrected chi connectivity index (χ0v) is 9.75. The van der Waals surface area contributed by atoms with Gasteiger partial charge in [0.25, 0.3) is 0 Å². The van der Waals surface area contributed by atoms with Crippen LogP contribution in [0.2, 0.25) is 0 Å². The minimum atomic E-state index is 0.0418. The number of nitrogens with zero attached hydrogens (tertiary/aromatic N) is 1. The number of amides is 1. The molecule has 4 N–H and O–H groups in total. The summed E-state index contributed by atoms with van der Waals surface area (Å²) in [6, 6.07) is 0. The van der Waals surface area contributed by atoms with Gasteiger partial charge in [-0.25, -0.2) is 0 Å². The number of carbonyl (C=O) groups excluding carboxylic acids is 1. The van der Waals surface area contributed by atoms with Crippen LogP contribution in [0.4, 0.5) is 5.82 Å². The van der Waals surface area contributed by atoms with Crippen LogP contribution in [0.1, 0.15) is 37.7 Å². The van der Waals surface area contributed by atoms with Crippen molar-refractivity contribution in [1.82, 2.24) is 10.2 Å². The van der Waals surface area contributed by atoms with Gasteiger partial charge in [-0.3, -0.25) is 9.89 Å². The van der Waals surface area contributed by atoms with Crippen LogP contribution in [0.25, 0.3) is 0 Å². The van der Waals surface area contributed by atoms with E-state index in [4.69, 9.17) is 5.73 Å². The van der Waals surface area contributed by atoms with Gasteiger partial charge in [-0.2, -0.15) is 5.10 Å². The topological polar surface area (TPSA) is 83.8 Å². The van der Waals surface area contributed by atoms with Crippen molar-refractivity contribution in [3.63, 3.8) is 0 Å². The van der Waals surface area contributed by atoms with Crippen LogP contribution in [-0.2, 0) is 4.79 Å². The van der Waals surface area contributed by atoms with Crippen molar-refractivity contribution in [3.05, 3.63) is 11.8 Å². The highest BCUT2D eigenvalue weighted by Crippen LogP contribution is 2.10. The van der Waals surface area contributed by atoms with Gasteiger partial charge >= 0.3 is 0 Å². The van der Waals surface area contributed by atoms with E-state index in [2.05, 4.69) is 15.5 Å². The largest absolute Gasteiger partial charge is 0.330 e. The molecule has 0 aliphatic carbocycles. The number of aromatic amines is 1. The maximum absolute atomic E-state index is 11.5. The number of aromatic nitrogens is 2. The van der Waals surface area contributed by atoms with Crippen molar-refractivity contribution in [2.45, 2.75) is 39.0 Å². The fourth-order valence-corrected chi connectivity index (χ4v) is 1.46. The van der Waals surface area contributed by atoms with Gasteiger partial charge in [0.05, 0.1) is 6.20 Å². The van der Waals surface area contributed by atoms with Gasteiger partial charge in [0.1, 0.15) is 5.82 Å². The van der Waals surface area contributed by atoms with E-state index in [1.165, 1.54) is 0 Å². The summed E-state index contributed by atoms with van der Waals surface area (Å²) < 4.78 is 0. The van der Waals surface area contributed by atoms with E-state index in [1.54, 1.807) is 6.20 Å². The summed E-state index contributed by atoms with van der Waals surface area (Å²) >= 11 is 0. The summed E-state index contributed by atoms with van der Waals surface area (Å²) in [6.45, 7) is 2.64. The van der Waals surface area contributed by atoms with Crippen molar-refractivity contribution < 1.29 is 4.79 Å². The molecule has 0 spiro atoms. The highest BCUT2D eigenvalue weighted by atomic mass is 16.1. The van der Waals surface area contributed by atoms with Crippen molar-refractivity contribution >= 4 is 11.7 Å². The molecule has 0 aromatic carbocycles. The summed E-state index contributed by atoms with van der Waals surface area (Å²) in [5, 5.41) is 9.39. The Morgan fingerprint density at radius 1 is 1.44 bits per heavy atom. The Balaban J connectivity index is 2.14. The van der Waals surface area contributed by atoms with Crippen molar-refractivity contribution in [2.75, 3.05) is 11.9 Å². The second-order valence-electron chi connectivity index (χ2n) is 3.93. The van der Waals surface area contributed by atoms with Gasteiger partial charge < -0.3 is 11.1 Å². The molecule has 1 aromatic heterocycles. The zero-order chi connectivity index (χ0) is 11.8. The molecule has 1 heterocycles. The third kappa shape index (κ3) is 4.44. The fraction of sp³-hybridized carbons (Fsp3) is 0.636. The maximum Gasteiger partial charge on any atom is 0.225 e. The summed E-state index contributed by atoms with van der Waals surface area (Å²) in [4.78, 5) is 11.5. The summed E-state index contributed by atoms with van der Waals surface area (Å²) in [7, 11) is 0. The average molecular weight is 224 g/mol. The molecule has 5 nitrogen and oxygen atoms in total. The van der Waals surface area contributed by atoms with Crippen molar-refractivity contribution in [3.8, 4) is 0 Å². The van der Waals surface area contributed by atoms with Crippen LogP contribution in [0.3, 0.4) is 0 Å². The third-order valence-corrected chi connectivity index (χ3v) is 2.45. The lowest BCUT2D eigenvalue weighted by molar-refractivity contribution is -0.116. The fourth-order valence-electron chi connectivity index (χ4n) is 1.46. The molecule has 90 valence electrons. The summed E-state index contributed by atoms with van der Waals surface area (Å²) in [5.41, 5.74) is 6.34. The van der Waals surface area contributed by atoms with E-state index in [0.717, 1.165) is 37.8 Å².